The van der Waals surface area contributed by atoms with Gasteiger partial charge in [-0.2, -0.15) is 0 Å². The molecule has 0 aliphatic heterocycles. The second-order valence-electron chi connectivity index (χ2n) is 15.6. The molecule has 0 aromatic heterocycles. The van der Waals surface area contributed by atoms with E-state index < -0.39 is 12.1 Å². The van der Waals surface area contributed by atoms with Crippen LogP contribution < -0.4 is 0 Å². The summed E-state index contributed by atoms with van der Waals surface area (Å²) in [5, 5.41) is 0. The zero-order valence-corrected chi connectivity index (χ0v) is 35.9. The van der Waals surface area contributed by atoms with Crippen LogP contribution in [0.3, 0.4) is 0 Å². The highest BCUT2D eigenvalue weighted by atomic mass is 16.7. The van der Waals surface area contributed by atoms with Gasteiger partial charge < -0.3 is 23.8 Å². The second-order valence-corrected chi connectivity index (χ2v) is 15.6. The Kier molecular flexibility index (Phi) is 38.6. The van der Waals surface area contributed by atoms with Gasteiger partial charge in [0.1, 0.15) is 26.4 Å². The van der Waals surface area contributed by atoms with Gasteiger partial charge in [0.05, 0.1) is 5.92 Å². The Morgan fingerprint density at radius 3 is 1.54 bits per heavy atom. The highest BCUT2D eigenvalue weighted by Gasteiger charge is 2.20. The smallest absolute Gasteiger partial charge is 0.465 e. The normalized spacial score (nSPS) is 12.3. The summed E-state index contributed by atoms with van der Waals surface area (Å²) in [6.07, 6.45) is 38.4. The van der Waals surface area contributed by atoms with Gasteiger partial charge in [-0.15, -0.1) is 0 Å². The fraction of sp³-hybridized carbons (Fsp3) is 0.848. The lowest BCUT2D eigenvalue weighted by molar-refractivity contribution is -0.150. The van der Waals surface area contributed by atoms with E-state index in [0.717, 1.165) is 70.6 Å². The van der Waals surface area contributed by atoms with Crippen molar-refractivity contribution in [2.75, 3.05) is 47.1 Å². The summed E-state index contributed by atoms with van der Waals surface area (Å²) in [5.41, 5.74) is 0. The molecule has 8 nitrogen and oxygen atoms in total. The molecule has 0 spiro atoms. The van der Waals surface area contributed by atoms with Gasteiger partial charge in [0.25, 0.3) is 0 Å². The molecule has 0 N–H and O–H groups in total. The first-order chi connectivity index (χ1) is 26.3. The van der Waals surface area contributed by atoms with Gasteiger partial charge in [0, 0.05) is 19.4 Å². The third-order valence-electron chi connectivity index (χ3n) is 9.87. The molecule has 316 valence electrons. The number of likely N-dealkylation sites (N-methyl/N-ethyl adjacent to an activating group) is 1. The molecular weight excluding hydrogens is 679 g/mol. The van der Waals surface area contributed by atoms with Crippen molar-refractivity contribution in [2.24, 2.45) is 11.8 Å². The highest BCUT2D eigenvalue weighted by molar-refractivity contribution is 5.70. The lowest BCUT2D eigenvalue weighted by Crippen LogP contribution is -2.27. The molecule has 8 heteroatoms. The van der Waals surface area contributed by atoms with E-state index in [1.807, 2.05) is 19.0 Å². The monoisotopic (exact) mass is 764 g/mol. The van der Waals surface area contributed by atoms with Crippen LogP contribution in [0.25, 0.3) is 0 Å². The van der Waals surface area contributed by atoms with Gasteiger partial charge in [0.15, 0.2) is 0 Å². The minimum Gasteiger partial charge on any atom is -0.465 e. The van der Waals surface area contributed by atoms with E-state index in [0.29, 0.717) is 25.3 Å². The molecule has 54 heavy (non-hydrogen) atoms. The Hall–Kier alpha value is -2.35. The van der Waals surface area contributed by atoms with Gasteiger partial charge in [-0.3, -0.25) is 9.59 Å². The average Bonchev–Trinajstić information content (AvgIpc) is 3.15. The maximum atomic E-state index is 13.1. The zero-order valence-electron chi connectivity index (χ0n) is 35.9. The first-order valence-corrected chi connectivity index (χ1v) is 22.4. The average molecular weight is 764 g/mol. The number of hydrogen-bond donors (Lipinski definition) is 0. The third-order valence-corrected chi connectivity index (χ3v) is 9.87. The minimum absolute atomic E-state index is 0.0241. The van der Waals surface area contributed by atoms with E-state index in [-0.39, 0.29) is 38.4 Å². The number of rotatable bonds is 39. The Morgan fingerprint density at radius 2 is 0.963 bits per heavy atom. The van der Waals surface area contributed by atoms with Crippen LogP contribution in [0.15, 0.2) is 24.3 Å². The highest BCUT2D eigenvalue weighted by Crippen LogP contribution is 2.23. The molecular formula is C46H85NO7. The standard InChI is InChI=1S/C46H85NO7/c1-6-9-12-15-18-19-20-21-22-23-24-25-26-29-32-35-44(48)52-39-43(41-54-46(50)51-37-36-47(4)5)40-53-45(49)38-42(33-30-27-16-13-10-7-2)34-31-28-17-14-11-8-3/h18-19,21-22,42-43H,6-17,20,23-41H2,1-5H3. The number of esters is 2. The van der Waals surface area contributed by atoms with Gasteiger partial charge in [-0.1, -0.05) is 154 Å². The number of carbonyl (C=O) groups is 3. The SMILES string of the molecule is CCCCCC=CCC=CCCCCCCCC(=O)OCC(COC(=O)CC(CCCCCCCC)CCCCCCCC)COC(=O)OCCN(C)C. The number of hydrogen-bond acceptors (Lipinski definition) is 8. The lowest BCUT2D eigenvalue weighted by Gasteiger charge is -2.19. The maximum absolute atomic E-state index is 13.1. The zero-order chi connectivity index (χ0) is 39.7. The van der Waals surface area contributed by atoms with E-state index in [1.165, 1.54) is 89.9 Å². The van der Waals surface area contributed by atoms with Crippen LogP contribution in [-0.4, -0.2) is 70.1 Å². The first kappa shape index (κ1) is 51.6. The van der Waals surface area contributed by atoms with E-state index in [1.54, 1.807) is 0 Å². The summed E-state index contributed by atoms with van der Waals surface area (Å²) in [6.45, 7) is 7.51. The van der Waals surface area contributed by atoms with Gasteiger partial charge in [0.2, 0.25) is 0 Å². The Balaban J connectivity index is 4.73. The van der Waals surface area contributed by atoms with Gasteiger partial charge >= 0.3 is 18.1 Å². The minimum atomic E-state index is -0.775. The Labute approximate surface area is 332 Å². The fourth-order valence-corrected chi connectivity index (χ4v) is 6.33. The second kappa shape index (κ2) is 40.3. The summed E-state index contributed by atoms with van der Waals surface area (Å²) in [6, 6.07) is 0. The summed E-state index contributed by atoms with van der Waals surface area (Å²) < 4.78 is 21.8. The quantitative estimate of drug-likeness (QED) is 0.0264. The lowest BCUT2D eigenvalue weighted by atomic mass is 9.91. The third kappa shape index (κ3) is 37.9. The molecule has 0 rings (SSSR count). The number of allylic oxidation sites excluding steroid dienone is 4. The van der Waals surface area contributed by atoms with Crippen LogP contribution in [0.1, 0.15) is 194 Å². The molecule has 0 aliphatic rings. The topological polar surface area (TPSA) is 91.4 Å². The summed E-state index contributed by atoms with van der Waals surface area (Å²) in [7, 11) is 3.79. The molecule has 1 atom stereocenters. The number of unbranched alkanes of at least 4 members (excludes halogenated alkanes) is 18. The molecule has 0 heterocycles. The summed E-state index contributed by atoms with van der Waals surface area (Å²) in [4.78, 5) is 39.8. The summed E-state index contributed by atoms with van der Waals surface area (Å²) in [5.74, 6) is -0.646. The predicted octanol–water partition coefficient (Wildman–Crippen LogP) is 12.7. The van der Waals surface area contributed by atoms with E-state index in [2.05, 4.69) is 45.1 Å². The van der Waals surface area contributed by atoms with Crippen molar-refractivity contribution in [3.63, 3.8) is 0 Å². The number of carbonyl (C=O) groups excluding carboxylic acids is 3. The van der Waals surface area contributed by atoms with Crippen molar-refractivity contribution in [3.05, 3.63) is 24.3 Å². The van der Waals surface area contributed by atoms with Crippen LogP contribution in [0.5, 0.6) is 0 Å². The molecule has 0 radical (unpaired) electrons. The van der Waals surface area contributed by atoms with Crippen molar-refractivity contribution < 1.29 is 33.3 Å². The van der Waals surface area contributed by atoms with Gasteiger partial charge in [-0.25, -0.2) is 4.79 Å². The van der Waals surface area contributed by atoms with Crippen molar-refractivity contribution in [3.8, 4) is 0 Å². The first-order valence-electron chi connectivity index (χ1n) is 22.4. The van der Waals surface area contributed by atoms with E-state index >= 15 is 0 Å². The number of nitrogens with zero attached hydrogens (tertiary/aromatic N) is 1. The Bertz CT molecular complexity index is 903. The molecule has 0 saturated carbocycles. The predicted molar refractivity (Wildman–Crippen MR) is 225 cm³/mol. The van der Waals surface area contributed by atoms with Crippen molar-refractivity contribution in [2.45, 2.75) is 194 Å². The van der Waals surface area contributed by atoms with E-state index in [9.17, 15) is 14.4 Å². The fourth-order valence-electron chi connectivity index (χ4n) is 6.33. The van der Waals surface area contributed by atoms with Crippen molar-refractivity contribution in [1.82, 2.24) is 4.90 Å². The molecule has 0 saturated heterocycles. The van der Waals surface area contributed by atoms with Crippen LogP contribution in [0, 0.1) is 11.8 Å². The van der Waals surface area contributed by atoms with Crippen LogP contribution in [-0.2, 0) is 28.5 Å². The maximum Gasteiger partial charge on any atom is 0.508 e. The Morgan fingerprint density at radius 1 is 0.500 bits per heavy atom. The van der Waals surface area contributed by atoms with Crippen LogP contribution in [0.4, 0.5) is 4.79 Å². The molecule has 0 bridgehead atoms. The van der Waals surface area contributed by atoms with Crippen LogP contribution in [0.2, 0.25) is 0 Å². The molecule has 0 aliphatic carbocycles. The molecule has 1 unspecified atom stereocenters. The van der Waals surface area contributed by atoms with Gasteiger partial charge in [-0.05, 0) is 71.4 Å². The molecule has 0 aromatic rings. The molecule has 0 amide bonds. The van der Waals surface area contributed by atoms with E-state index in [4.69, 9.17) is 18.9 Å². The number of ether oxygens (including phenoxy) is 4. The molecule has 0 aromatic carbocycles. The largest absolute Gasteiger partial charge is 0.508 e. The molecule has 0 fully saturated rings. The summed E-state index contributed by atoms with van der Waals surface area (Å²) >= 11 is 0. The van der Waals surface area contributed by atoms with Crippen LogP contribution >= 0.6 is 0 Å². The van der Waals surface area contributed by atoms with Crippen molar-refractivity contribution in [1.29, 1.82) is 0 Å². The van der Waals surface area contributed by atoms with Crippen molar-refractivity contribution >= 4 is 18.1 Å².